The SMILES string of the molecule is CC(=O)Nc1ccc(C2(C(=O)O)CCCCC2)cc1. The van der Waals surface area contributed by atoms with E-state index < -0.39 is 11.4 Å². The number of nitrogens with one attached hydrogen (secondary N) is 1. The molecule has 1 amide bonds. The number of carboxylic acids is 1. The van der Waals surface area contributed by atoms with Gasteiger partial charge in [0, 0.05) is 12.6 Å². The van der Waals surface area contributed by atoms with Gasteiger partial charge in [0.2, 0.25) is 5.91 Å². The second-order valence-corrected chi connectivity index (χ2v) is 5.21. The van der Waals surface area contributed by atoms with E-state index in [0.717, 1.165) is 24.8 Å². The van der Waals surface area contributed by atoms with Crippen LogP contribution in [0.1, 0.15) is 44.6 Å². The lowest BCUT2D eigenvalue weighted by molar-refractivity contribution is -0.145. The summed E-state index contributed by atoms with van der Waals surface area (Å²) in [5, 5.41) is 12.3. The zero-order valence-corrected chi connectivity index (χ0v) is 11.1. The predicted octanol–water partition coefficient (Wildman–Crippen LogP) is 2.93. The van der Waals surface area contributed by atoms with Crippen LogP contribution in [0.3, 0.4) is 0 Å². The standard InChI is InChI=1S/C15H19NO3/c1-11(17)16-13-7-5-12(6-8-13)15(14(18)19)9-3-2-4-10-15/h5-8H,2-4,9-10H2,1H3,(H,16,17)(H,18,19). The third-order valence-electron chi connectivity index (χ3n) is 3.87. The molecule has 19 heavy (non-hydrogen) atoms. The van der Waals surface area contributed by atoms with Crippen LogP contribution >= 0.6 is 0 Å². The zero-order chi connectivity index (χ0) is 13.9. The van der Waals surface area contributed by atoms with Crippen LogP contribution in [0.25, 0.3) is 0 Å². The number of anilines is 1. The van der Waals surface area contributed by atoms with Gasteiger partial charge in [-0.15, -0.1) is 0 Å². The summed E-state index contributed by atoms with van der Waals surface area (Å²) in [5.74, 6) is -0.863. The van der Waals surface area contributed by atoms with Crippen LogP contribution in [0.4, 0.5) is 5.69 Å². The molecule has 0 bridgehead atoms. The number of aliphatic carboxylic acids is 1. The van der Waals surface area contributed by atoms with Crippen molar-refractivity contribution in [1.29, 1.82) is 0 Å². The maximum Gasteiger partial charge on any atom is 0.314 e. The van der Waals surface area contributed by atoms with Crippen molar-refractivity contribution in [2.75, 3.05) is 5.32 Å². The number of carbonyl (C=O) groups is 2. The number of rotatable bonds is 3. The van der Waals surface area contributed by atoms with Crippen molar-refractivity contribution >= 4 is 17.6 Å². The number of hydrogen-bond donors (Lipinski definition) is 2. The molecule has 1 saturated carbocycles. The average Bonchev–Trinajstić information content (AvgIpc) is 2.39. The summed E-state index contributed by atoms with van der Waals surface area (Å²) in [6, 6.07) is 7.20. The molecule has 0 radical (unpaired) electrons. The first kappa shape index (κ1) is 13.6. The molecule has 102 valence electrons. The molecule has 0 heterocycles. The minimum absolute atomic E-state index is 0.127. The van der Waals surface area contributed by atoms with Gasteiger partial charge in [0.25, 0.3) is 0 Å². The summed E-state index contributed by atoms with van der Waals surface area (Å²) in [7, 11) is 0. The molecule has 1 aliphatic carbocycles. The molecule has 1 fully saturated rings. The summed E-state index contributed by atoms with van der Waals surface area (Å²) in [5.41, 5.74) is 0.800. The van der Waals surface area contributed by atoms with Crippen molar-refractivity contribution in [1.82, 2.24) is 0 Å². The van der Waals surface area contributed by atoms with E-state index in [0.29, 0.717) is 18.5 Å². The fourth-order valence-corrected chi connectivity index (χ4v) is 2.86. The highest BCUT2D eigenvalue weighted by molar-refractivity contribution is 5.89. The van der Waals surface area contributed by atoms with Crippen molar-refractivity contribution in [3.05, 3.63) is 29.8 Å². The molecule has 0 aromatic heterocycles. The van der Waals surface area contributed by atoms with Crippen LogP contribution < -0.4 is 5.32 Å². The molecule has 1 aliphatic rings. The number of benzene rings is 1. The Morgan fingerprint density at radius 1 is 1.11 bits per heavy atom. The van der Waals surface area contributed by atoms with Gasteiger partial charge in [-0.3, -0.25) is 9.59 Å². The first-order valence-electron chi connectivity index (χ1n) is 6.66. The molecule has 4 heteroatoms. The molecule has 1 aromatic rings. The quantitative estimate of drug-likeness (QED) is 0.879. The number of carbonyl (C=O) groups excluding carboxylic acids is 1. The summed E-state index contributed by atoms with van der Waals surface area (Å²) < 4.78 is 0. The predicted molar refractivity (Wildman–Crippen MR) is 73.1 cm³/mol. The van der Waals surface area contributed by atoms with Crippen LogP contribution in [0.15, 0.2) is 24.3 Å². The largest absolute Gasteiger partial charge is 0.481 e. The van der Waals surface area contributed by atoms with E-state index in [9.17, 15) is 14.7 Å². The van der Waals surface area contributed by atoms with Crippen LogP contribution in [0, 0.1) is 0 Å². The molecule has 0 spiro atoms. The topological polar surface area (TPSA) is 66.4 Å². The van der Waals surface area contributed by atoms with Gasteiger partial charge in [-0.2, -0.15) is 0 Å². The highest BCUT2D eigenvalue weighted by atomic mass is 16.4. The van der Waals surface area contributed by atoms with Crippen molar-refractivity contribution in [2.24, 2.45) is 0 Å². The van der Waals surface area contributed by atoms with E-state index >= 15 is 0 Å². The summed E-state index contributed by atoms with van der Waals surface area (Å²) in [4.78, 5) is 22.6. The average molecular weight is 261 g/mol. The number of amides is 1. The normalized spacial score (nSPS) is 17.7. The molecular weight excluding hydrogens is 242 g/mol. The Morgan fingerprint density at radius 2 is 1.68 bits per heavy atom. The lowest BCUT2D eigenvalue weighted by Gasteiger charge is -2.33. The Balaban J connectivity index is 2.27. The van der Waals surface area contributed by atoms with E-state index in [2.05, 4.69) is 5.32 Å². The van der Waals surface area contributed by atoms with E-state index in [-0.39, 0.29) is 5.91 Å². The van der Waals surface area contributed by atoms with Gasteiger partial charge in [0.15, 0.2) is 0 Å². The van der Waals surface area contributed by atoms with Gasteiger partial charge in [0.05, 0.1) is 5.41 Å². The van der Waals surface area contributed by atoms with E-state index in [1.54, 1.807) is 12.1 Å². The van der Waals surface area contributed by atoms with E-state index in [1.807, 2.05) is 12.1 Å². The fraction of sp³-hybridized carbons (Fsp3) is 0.467. The van der Waals surface area contributed by atoms with Crippen molar-refractivity contribution in [3.63, 3.8) is 0 Å². The fourth-order valence-electron chi connectivity index (χ4n) is 2.86. The van der Waals surface area contributed by atoms with Crippen molar-refractivity contribution in [3.8, 4) is 0 Å². The van der Waals surface area contributed by atoms with Gasteiger partial charge >= 0.3 is 5.97 Å². The molecule has 1 aromatic carbocycles. The molecule has 4 nitrogen and oxygen atoms in total. The van der Waals surface area contributed by atoms with Crippen LogP contribution in [-0.4, -0.2) is 17.0 Å². The summed E-state index contributed by atoms with van der Waals surface area (Å²) >= 11 is 0. The van der Waals surface area contributed by atoms with Gasteiger partial charge in [-0.1, -0.05) is 31.4 Å². The van der Waals surface area contributed by atoms with Crippen LogP contribution in [-0.2, 0) is 15.0 Å². The molecule has 0 aliphatic heterocycles. The smallest absolute Gasteiger partial charge is 0.314 e. The Labute approximate surface area is 112 Å². The number of carboxylic acid groups (broad SMARTS) is 1. The van der Waals surface area contributed by atoms with Crippen LogP contribution in [0.5, 0.6) is 0 Å². The van der Waals surface area contributed by atoms with E-state index in [4.69, 9.17) is 0 Å². The van der Waals surface area contributed by atoms with E-state index in [1.165, 1.54) is 6.92 Å². The number of hydrogen-bond acceptors (Lipinski definition) is 2. The highest BCUT2D eigenvalue weighted by Crippen LogP contribution is 2.40. The van der Waals surface area contributed by atoms with Gasteiger partial charge < -0.3 is 10.4 Å². The van der Waals surface area contributed by atoms with Gasteiger partial charge in [-0.05, 0) is 30.5 Å². The Kier molecular flexibility index (Phi) is 3.88. The second-order valence-electron chi connectivity index (χ2n) is 5.21. The summed E-state index contributed by atoms with van der Waals surface area (Å²) in [6.07, 6.45) is 4.42. The molecule has 0 atom stereocenters. The molecule has 0 unspecified atom stereocenters. The Bertz CT molecular complexity index is 473. The summed E-state index contributed by atoms with van der Waals surface area (Å²) in [6.45, 7) is 1.45. The second kappa shape index (κ2) is 5.43. The van der Waals surface area contributed by atoms with Gasteiger partial charge in [-0.25, -0.2) is 0 Å². The monoisotopic (exact) mass is 261 g/mol. The third-order valence-corrected chi connectivity index (χ3v) is 3.87. The van der Waals surface area contributed by atoms with Crippen LogP contribution in [0.2, 0.25) is 0 Å². The molecule has 0 saturated heterocycles. The zero-order valence-electron chi connectivity index (χ0n) is 11.1. The first-order valence-corrected chi connectivity index (χ1v) is 6.66. The minimum atomic E-state index is -0.743. The lowest BCUT2D eigenvalue weighted by Crippen LogP contribution is -2.37. The maximum atomic E-state index is 11.7. The first-order chi connectivity index (χ1) is 9.04. The Morgan fingerprint density at radius 3 is 2.16 bits per heavy atom. The lowest BCUT2D eigenvalue weighted by atomic mass is 9.69. The Hall–Kier alpha value is -1.84. The molecular formula is C15H19NO3. The van der Waals surface area contributed by atoms with Gasteiger partial charge in [0.1, 0.15) is 0 Å². The molecule has 2 rings (SSSR count). The van der Waals surface area contributed by atoms with Crippen molar-refractivity contribution in [2.45, 2.75) is 44.4 Å². The third kappa shape index (κ3) is 2.78. The minimum Gasteiger partial charge on any atom is -0.481 e. The molecule has 2 N–H and O–H groups in total. The van der Waals surface area contributed by atoms with Crippen molar-refractivity contribution < 1.29 is 14.7 Å². The maximum absolute atomic E-state index is 11.7. The highest BCUT2D eigenvalue weighted by Gasteiger charge is 2.41.